The van der Waals surface area contributed by atoms with Gasteiger partial charge in [0.15, 0.2) is 0 Å². The molecule has 3 N–H and O–H groups in total. The zero-order valence-corrected chi connectivity index (χ0v) is 18.4. The molecule has 1 aromatic carbocycles. The summed E-state index contributed by atoms with van der Waals surface area (Å²) in [7, 11) is -3.76. The number of nitrogens with one attached hydrogen (secondary N) is 2. The lowest BCUT2D eigenvalue weighted by Crippen LogP contribution is -2.48. The molecule has 2 aromatic rings. The van der Waals surface area contributed by atoms with Gasteiger partial charge in [0.25, 0.3) is 10.2 Å². The van der Waals surface area contributed by atoms with E-state index in [9.17, 15) is 18.3 Å². The average molecular weight is 447 g/mol. The van der Waals surface area contributed by atoms with Crippen LogP contribution in [0.3, 0.4) is 0 Å². The third kappa shape index (κ3) is 7.02. The fraction of sp³-hybridized carbons (Fsp3) is 0.455. The highest BCUT2D eigenvalue weighted by Crippen LogP contribution is 2.23. The van der Waals surface area contributed by atoms with Crippen molar-refractivity contribution in [1.82, 2.24) is 14.0 Å². The van der Waals surface area contributed by atoms with E-state index in [1.54, 1.807) is 6.20 Å². The molecule has 1 aromatic heterocycles. The van der Waals surface area contributed by atoms with Crippen LogP contribution in [0, 0.1) is 0 Å². The van der Waals surface area contributed by atoms with Gasteiger partial charge in [0.05, 0.1) is 6.42 Å². The van der Waals surface area contributed by atoms with Crippen LogP contribution < -0.4 is 10.0 Å². The molecule has 0 spiro atoms. The third-order valence-corrected chi connectivity index (χ3v) is 7.08. The minimum Gasteiger partial charge on any atom is -0.481 e. The summed E-state index contributed by atoms with van der Waals surface area (Å²) in [5, 5.41) is 12.5. The van der Waals surface area contributed by atoms with Gasteiger partial charge in [-0.3, -0.25) is 4.79 Å². The van der Waals surface area contributed by atoms with Crippen molar-refractivity contribution < 1.29 is 18.3 Å². The smallest absolute Gasteiger partial charge is 0.304 e. The van der Waals surface area contributed by atoms with E-state index in [2.05, 4.69) is 15.0 Å². The van der Waals surface area contributed by atoms with Gasteiger partial charge >= 0.3 is 5.97 Å². The first-order chi connectivity index (χ1) is 15.0. The van der Waals surface area contributed by atoms with Gasteiger partial charge in [-0.15, -0.1) is 0 Å². The number of carboxylic acid groups (broad SMARTS) is 1. The van der Waals surface area contributed by atoms with E-state index in [1.807, 2.05) is 42.5 Å². The number of anilines is 1. The van der Waals surface area contributed by atoms with Gasteiger partial charge in [0.1, 0.15) is 5.82 Å². The number of rotatable bonds is 11. The minimum atomic E-state index is -3.76. The number of pyridine rings is 1. The molecule has 9 heteroatoms. The van der Waals surface area contributed by atoms with Gasteiger partial charge in [-0.25, -0.2) is 9.71 Å². The number of fused-ring (bicyclic) bond motifs is 1. The Balaban J connectivity index is 1.49. The Labute approximate surface area is 183 Å². The first-order valence-corrected chi connectivity index (χ1v) is 12.1. The second-order valence-electron chi connectivity index (χ2n) is 7.69. The van der Waals surface area contributed by atoms with E-state index in [1.165, 1.54) is 4.31 Å². The fourth-order valence-corrected chi connectivity index (χ4v) is 5.30. The summed E-state index contributed by atoms with van der Waals surface area (Å²) in [6.45, 7) is 1.38. The number of nitrogens with zero attached hydrogens (tertiary/aromatic N) is 2. The molecule has 1 aliphatic rings. The van der Waals surface area contributed by atoms with E-state index < -0.39 is 22.2 Å². The van der Waals surface area contributed by atoms with Crippen LogP contribution in [-0.2, 0) is 27.8 Å². The minimum absolute atomic E-state index is 0.214. The summed E-state index contributed by atoms with van der Waals surface area (Å²) >= 11 is 0. The number of hydrogen-bond acceptors (Lipinski definition) is 5. The standard InChI is InChI=1S/C22H30N4O4S/c27-22(28)17-20-16-19-9-3-2-8-18(19)11-15-26(20)31(29,30)25-14-6-1-5-12-23-21-10-4-7-13-24-21/h2-4,7-10,13,20,25H,1,5-6,11-12,14-17H2,(H,23,24)(H,27,28). The SMILES string of the molecule is O=C(O)CC1Cc2ccccc2CCN1S(=O)(=O)NCCCCCNc1ccccn1. The number of aromatic nitrogens is 1. The van der Waals surface area contributed by atoms with Crippen LogP contribution in [-0.4, -0.2) is 54.5 Å². The van der Waals surface area contributed by atoms with E-state index in [0.717, 1.165) is 36.3 Å². The lowest BCUT2D eigenvalue weighted by molar-refractivity contribution is -0.138. The predicted octanol–water partition coefficient (Wildman–Crippen LogP) is 2.44. The lowest BCUT2D eigenvalue weighted by atomic mass is 9.99. The molecule has 168 valence electrons. The summed E-state index contributed by atoms with van der Waals surface area (Å²) in [6, 6.07) is 12.9. The van der Waals surface area contributed by atoms with Crippen LogP contribution in [0.5, 0.6) is 0 Å². The van der Waals surface area contributed by atoms with Crippen LogP contribution in [0.25, 0.3) is 0 Å². The number of benzene rings is 1. The van der Waals surface area contributed by atoms with E-state index >= 15 is 0 Å². The molecule has 0 bridgehead atoms. The van der Waals surface area contributed by atoms with Gasteiger partial charge in [0, 0.05) is 31.9 Å². The van der Waals surface area contributed by atoms with E-state index in [0.29, 0.717) is 25.8 Å². The van der Waals surface area contributed by atoms with Gasteiger partial charge in [-0.2, -0.15) is 12.7 Å². The van der Waals surface area contributed by atoms with Crippen molar-refractivity contribution in [3.05, 3.63) is 59.8 Å². The number of hydrogen-bond donors (Lipinski definition) is 3. The Morgan fingerprint density at radius 2 is 1.81 bits per heavy atom. The Morgan fingerprint density at radius 1 is 1.06 bits per heavy atom. The average Bonchev–Trinajstić information content (AvgIpc) is 2.93. The Bertz CT molecular complexity index is 953. The molecule has 0 saturated heterocycles. The topological polar surface area (TPSA) is 112 Å². The van der Waals surface area contributed by atoms with Crippen LogP contribution in [0.15, 0.2) is 48.7 Å². The molecule has 8 nitrogen and oxygen atoms in total. The molecule has 2 heterocycles. The molecule has 1 atom stereocenters. The molecule has 0 amide bonds. The number of carbonyl (C=O) groups is 1. The summed E-state index contributed by atoms with van der Waals surface area (Å²) < 4.78 is 29.9. The normalized spacial score (nSPS) is 17.0. The molecule has 31 heavy (non-hydrogen) atoms. The molecule has 0 saturated carbocycles. The highest BCUT2D eigenvalue weighted by Gasteiger charge is 2.33. The van der Waals surface area contributed by atoms with Crippen LogP contribution in [0.2, 0.25) is 0 Å². The van der Waals surface area contributed by atoms with Gasteiger partial charge < -0.3 is 10.4 Å². The zero-order valence-electron chi connectivity index (χ0n) is 17.5. The van der Waals surface area contributed by atoms with Crippen molar-refractivity contribution >= 4 is 22.0 Å². The summed E-state index contributed by atoms with van der Waals surface area (Å²) in [5.41, 5.74) is 2.10. The predicted molar refractivity (Wildman–Crippen MR) is 120 cm³/mol. The maximum atomic E-state index is 13.0. The van der Waals surface area contributed by atoms with Crippen molar-refractivity contribution in [3.8, 4) is 0 Å². The number of aliphatic carboxylic acids is 1. The molecular weight excluding hydrogens is 416 g/mol. The zero-order chi connectivity index (χ0) is 22.1. The molecule has 0 radical (unpaired) electrons. The summed E-state index contributed by atoms with van der Waals surface area (Å²) in [4.78, 5) is 15.6. The monoisotopic (exact) mass is 446 g/mol. The Kier molecular flexibility index (Phi) is 8.39. The maximum absolute atomic E-state index is 13.0. The quantitative estimate of drug-likeness (QED) is 0.457. The number of carboxylic acids is 1. The fourth-order valence-electron chi connectivity index (χ4n) is 3.86. The molecule has 0 fully saturated rings. The highest BCUT2D eigenvalue weighted by atomic mass is 32.2. The molecular formula is C22H30N4O4S. The molecule has 3 rings (SSSR count). The van der Waals surface area contributed by atoms with E-state index in [4.69, 9.17) is 0 Å². The first kappa shape index (κ1) is 23.2. The Hall–Kier alpha value is -2.49. The van der Waals surface area contributed by atoms with Crippen molar-refractivity contribution in [2.75, 3.05) is 25.0 Å². The molecule has 1 aliphatic heterocycles. The van der Waals surface area contributed by atoms with Crippen molar-refractivity contribution in [1.29, 1.82) is 0 Å². The second-order valence-corrected chi connectivity index (χ2v) is 9.39. The van der Waals surface area contributed by atoms with Gasteiger partial charge in [-0.1, -0.05) is 36.8 Å². The maximum Gasteiger partial charge on any atom is 0.304 e. The molecule has 0 aliphatic carbocycles. The van der Waals surface area contributed by atoms with Crippen LogP contribution >= 0.6 is 0 Å². The van der Waals surface area contributed by atoms with Gasteiger partial charge in [-0.05, 0) is 48.9 Å². The third-order valence-electron chi connectivity index (χ3n) is 5.41. The van der Waals surface area contributed by atoms with Crippen molar-refractivity contribution in [2.24, 2.45) is 0 Å². The second kappa shape index (κ2) is 11.2. The molecule has 1 unspecified atom stereocenters. The van der Waals surface area contributed by atoms with Crippen molar-refractivity contribution in [2.45, 2.75) is 44.6 Å². The summed E-state index contributed by atoms with van der Waals surface area (Å²) in [5.74, 6) is -0.167. The Morgan fingerprint density at radius 3 is 2.55 bits per heavy atom. The van der Waals surface area contributed by atoms with Crippen molar-refractivity contribution in [3.63, 3.8) is 0 Å². The largest absolute Gasteiger partial charge is 0.481 e. The highest BCUT2D eigenvalue weighted by molar-refractivity contribution is 7.87. The van der Waals surface area contributed by atoms with Crippen LogP contribution in [0.4, 0.5) is 5.82 Å². The first-order valence-electron chi connectivity index (χ1n) is 10.7. The summed E-state index contributed by atoms with van der Waals surface area (Å²) in [6.07, 6.45) is 4.98. The number of unbranched alkanes of at least 4 members (excludes halogenated alkanes) is 2. The van der Waals surface area contributed by atoms with E-state index in [-0.39, 0.29) is 13.0 Å². The lowest BCUT2D eigenvalue weighted by Gasteiger charge is -2.28. The van der Waals surface area contributed by atoms with Crippen LogP contribution in [0.1, 0.15) is 36.8 Å². The van der Waals surface area contributed by atoms with Gasteiger partial charge in [0.2, 0.25) is 0 Å².